The first-order valence-corrected chi connectivity index (χ1v) is 7.56. The summed E-state index contributed by atoms with van der Waals surface area (Å²) in [5.74, 6) is 0.675. The molecule has 1 aromatic carbocycles. The van der Waals surface area contributed by atoms with E-state index in [1.54, 1.807) is 12.4 Å². The number of thiophene rings is 1. The van der Waals surface area contributed by atoms with Crippen molar-refractivity contribution in [3.63, 3.8) is 0 Å². The van der Waals surface area contributed by atoms with E-state index in [2.05, 4.69) is 15.3 Å². The Hall–Kier alpha value is -2.40. The lowest BCUT2D eigenvalue weighted by Gasteiger charge is -2.11. The molecule has 0 aliphatic carbocycles. The molecule has 0 saturated carbocycles. The highest BCUT2D eigenvalue weighted by molar-refractivity contribution is 7.12. The molecule has 0 saturated heterocycles. The minimum atomic E-state index is -0.154. The molecule has 0 fully saturated rings. The zero-order chi connectivity index (χ0) is 14.7. The second-order valence-corrected chi connectivity index (χ2v) is 5.62. The number of rotatable bonds is 4. The number of carbonyl (C=O) groups is 1. The van der Waals surface area contributed by atoms with Crippen molar-refractivity contribution in [2.45, 2.75) is 13.0 Å². The summed E-state index contributed by atoms with van der Waals surface area (Å²) in [6.45, 7) is 1.91. The number of H-pyrrole nitrogens is 1. The summed E-state index contributed by atoms with van der Waals surface area (Å²) in [5.41, 5.74) is 2.01. The Labute approximate surface area is 126 Å². The van der Waals surface area contributed by atoms with Crippen LogP contribution in [0.3, 0.4) is 0 Å². The molecule has 5 heteroatoms. The van der Waals surface area contributed by atoms with Gasteiger partial charge in [0.1, 0.15) is 5.82 Å². The molecule has 0 radical (unpaired) electrons. The Morgan fingerprint density at radius 1 is 1.29 bits per heavy atom. The number of hydrogen-bond acceptors (Lipinski definition) is 3. The predicted octanol–water partition coefficient (Wildman–Crippen LogP) is 3.63. The average Bonchev–Trinajstić information content (AvgIpc) is 3.19. The maximum atomic E-state index is 12.5. The number of amides is 1. The van der Waals surface area contributed by atoms with Gasteiger partial charge in [-0.1, -0.05) is 30.3 Å². The Bertz CT molecular complexity index is 719. The highest BCUT2D eigenvalue weighted by atomic mass is 32.1. The van der Waals surface area contributed by atoms with Gasteiger partial charge in [-0.2, -0.15) is 0 Å². The molecule has 4 nitrogen and oxygen atoms in total. The molecule has 1 amide bonds. The summed E-state index contributed by atoms with van der Waals surface area (Å²) in [6, 6.07) is 11.8. The first kappa shape index (κ1) is 13.6. The second kappa shape index (κ2) is 5.93. The number of nitrogens with one attached hydrogen (secondary N) is 2. The summed E-state index contributed by atoms with van der Waals surface area (Å²) < 4.78 is 0. The van der Waals surface area contributed by atoms with Crippen LogP contribution in [0.2, 0.25) is 0 Å². The van der Waals surface area contributed by atoms with Crippen LogP contribution in [0.15, 0.2) is 54.2 Å². The Kier molecular flexibility index (Phi) is 3.83. The summed E-state index contributed by atoms with van der Waals surface area (Å²) in [5, 5.41) is 4.91. The first-order chi connectivity index (χ1) is 10.3. The molecule has 0 spiro atoms. The number of aromatic amines is 1. The number of aromatic nitrogens is 2. The molecule has 0 bridgehead atoms. The number of nitrogens with zero attached hydrogens (tertiary/aromatic N) is 1. The largest absolute Gasteiger partial charge is 0.347 e. The molecule has 2 aromatic heterocycles. The Morgan fingerprint density at radius 3 is 2.81 bits per heavy atom. The van der Waals surface area contributed by atoms with Crippen molar-refractivity contribution in [3.8, 4) is 11.1 Å². The maximum absolute atomic E-state index is 12.5. The van der Waals surface area contributed by atoms with Crippen LogP contribution in [0.5, 0.6) is 0 Å². The van der Waals surface area contributed by atoms with Gasteiger partial charge < -0.3 is 10.3 Å². The van der Waals surface area contributed by atoms with Crippen LogP contribution in [-0.4, -0.2) is 15.9 Å². The van der Waals surface area contributed by atoms with Crippen LogP contribution < -0.4 is 5.32 Å². The lowest BCUT2D eigenvalue weighted by atomic mass is 10.1. The highest BCUT2D eigenvalue weighted by Crippen LogP contribution is 2.28. The normalized spacial score (nSPS) is 12.0. The fraction of sp³-hybridized carbons (Fsp3) is 0.125. The Morgan fingerprint density at radius 2 is 2.10 bits per heavy atom. The molecule has 1 unspecified atom stereocenters. The third-order valence-corrected chi connectivity index (χ3v) is 4.15. The molecule has 106 valence electrons. The highest BCUT2D eigenvalue weighted by Gasteiger charge is 2.17. The average molecular weight is 297 g/mol. The lowest BCUT2D eigenvalue weighted by Crippen LogP contribution is -2.27. The van der Waals surface area contributed by atoms with E-state index in [1.165, 1.54) is 11.3 Å². The lowest BCUT2D eigenvalue weighted by molar-refractivity contribution is 0.0943. The number of hydrogen-bond donors (Lipinski definition) is 2. The summed E-state index contributed by atoms with van der Waals surface area (Å²) in [4.78, 5) is 20.4. The van der Waals surface area contributed by atoms with Crippen molar-refractivity contribution in [3.05, 3.63) is 64.9 Å². The molecule has 2 N–H and O–H groups in total. The topological polar surface area (TPSA) is 57.8 Å². The number of carbonyl (C=O) groups excluding carboxylic acids is 1. The third kappa shape index (κ3) is 2.87. The van der Waals surface area contributed by atoms with Gasteiger partial charge in [0.15, 0.2) is 0 Å². The number of benzene rings is 1. The molecular weight excluding hydrogens is 282 g/mol. The van der Waals surface area contributed by atoms with Crippen LogP contribution in [0.25, 0.3) is 11.1 Å². The van der Waals surface area contributed by atoms with E-state index < -0.39 is 0 Å². The van der Waals surface area contributed by atoms with Gasteiger partial charge in [-0.05, 0) is 23.9 Å². The van der Waals surface area contributed by atoms with Crippen molar-refractivity contribution in [2.75, 3.05) is 0 Å². The van der Waals surface area contributed by atoms with Crippen molar-refractivity contribution >= 4 is 17.2 Å². The monoisotopic (exact) mass is 297 g/mol. The van der Waals surface area contributed by atoms with Gasteiger partial charge >= 0.3 is 0 Å². The SMILES string of the molecule is CC(NC(=O)c1sccc1-c1ccccc1)c1ncc[nH]1. The van der Waals surface area contributed by atoms with Gasteiger partial charge in [0, 0.05) is 18.0 Å². The number of imidazole rings is 1. The van der Waals surface area contributed by atoms with E-state index in [4.69, 9.17) is 0 Å². The van der Waals surface area contributed by atoms with Crippen LogP contribution in [0.1, 0.15) is 28.5 Å². The molecular formula is C16H15N3OS. The smallest absolute Gasteiger partial charge is 0.262 e. The molecule has 2 heterocycles. The van der Waals surface area contributed by atoms with E-state index in [-0.39, 0.29) is 11.9 Å². The minimum absolute atomic E-state index is 0.0762. The zero-order valence-electron chi connectivity index (χ0n) is 11.5. The fourth-order valence-electron chi connectivity index (χ4n) is 2.17. The van der Waals surface area contributed by atoms with Crippen LogP contribution in [0.4, 0.5) is 0 Å². The van der Waals surface area contributed by atoms with Gasteiger partial charge in [-0.15, -0.1) is 11.3 Å². The molecule has 0 aliphatic rings. The van der Waals surface area contributed by atoms with Crippen molar-refractivity contribution in [1.82, 2.24) is 15.3 Å². The maximum Gasteiger partial charge on any atom is 0.262 e. The van der Waals surface area contributed by atoms with Gasteiger partial charge in [0.2, 0.25) is 0 Å². The van der Waals surface area contributed by atoms with E-state index >= 15 is 0 Å². The first-order valence-electron chi connectivity index (χ1n) is 6.69. The van der Waals surface area contributed by atoms with E-state index in [0.717, 1.165) is 21.8 Å². The summed E-state index contributed by atoms with van der Waals surface area (Å²) >= 11 is 1.45. The molecule has 3 aromatic rings. The standard InChI is InChI=1S/C16H15N3OS/c1-11(15-17-8-9-18-15)19-16(20)14-13(7-10-21-14)12-5-3-2-4-6-12/h2-11H,1H3,(H,17,18)(H,19,20). The van der Waals surface area contributed by atoms with E-state index in [1.807, 2.05) is 48.7 Å². The van der Waals surface area contributed by atoms with Gasteiger partial charge in [0.05, 0.1) is 10.9 Å². The zero-order valence-corrected chi connectivity index (χ0v) is 12.4. The molecule has 21 heavy (non-hydrogen) atoms. The third-order valence-electron chi connectivity index (χ3n) is 3.23. The van der Waals surface area contributed by atoms with Crippen molar-refractivity contribution in [2.24, 2.45) is 0 Å². The predicted molar refractivity (Wildman–Crippen MR) is 84.2 cm³/mol. The van der Waals surface area contributed by atoms with Gasteiger partial charge in [0.25, 0.3) is 5.91 Å². The second-order valence-electron chi connectivity index (χ2n) is 4.70. The van der Waals surface area contributed by atoms with Crippen LogP contribution in [-0.2, 0) is 0 Å². The van der Waals surface area contributed by atoms with Gasteiger partial charge in [-0.3, -0.25) is 4.79 Å². The molecule has 0 aliphatic heterocycles. The van der Waals surface area contributed by atoms with E-state index in [9.17, 15) is 4.79 Å². The quantitative estimate of drug-likeness (QED) is 0.772. The molecule has 1 atom stereocenters. The fourth-order valence-corrected chi connectivity index (χ4v) is 2.99. The molecule has 3 rings (SSSR count). The van der Waals surface area contributed by atoms with Crippen LogP contribution in [0, 0.1) is 0 Å². The summed E-state index contributed by atoms with van der Waals surface area (Å²) in [7, 11) is 0. The van der Waals surface area contributed by atoms with E-state index in [0.29, 0.717) is 0 Å². The van der Waals surface area contributed by atoms with Crippen molar-refractivity contribution in [1.29, 1.82) is 0 Å². The van der Waals surface area contributed by atoms with Crippen molar-refractivity contribution < 1.29 is 4.79 Å². The Balaban J connectivity index is 1.82. The van der Waals surface area contributed by atoms with Crippen LogP contribution >= 0.6 is 11.3 Å². The summed E-state index contributed by atoms with van der Waals surface area (Å²) in [6.07, 6.45) is 3.43. The van der Waals surface area contributed by atoms with Gasteiger partial charge in [-0.25, -0.2) is 4.98 Å². The minimum Gasteiger partial charge on any atom is -0.347 e.